The second-order valence-electron chi connectivity index (χ2n) is 7.72. The average Bonchev–Trinajstić information content (AvgIpc) is 3.23. The van der Waals surface area contributed by atoms with E-state index < -0.39 is 5.66 Å². The molecule has 3 aliphatic rings. The van der Waals surface area contributed by atoms with Gasteiger partial charge >= 0.3 is 0 Å². The summed E-state index contributed by atoms with van der Waals surface area (Å²) in [4.78, 5) is 41.4. The normalized spacial score (nSPS) is 25.4. The van der Waals surface area contributed by atoms with Crippen LogP contribution in [0, 0.1) is 0 Å². The fourth-order valence-corrected chi connectivity index (χ4v) is 4.62. The van der Waals surface area contributed by atoms with Gasteiger partial charge < -0.3 is 10.2 Å². The van der Waals surface area contributed by atoms with Crippen LogP contribution in [0.15, 0.2) is 24.3 Å². The van der Waals surface area contributed by atoms with E-state index in [1.165, 1.54) is 12.8 Å². The Kier molecular flexibility index (Phi) is 4.21. The van der Waals surface area contributed by atoms with Gasteiger partial charge in [0.05, 0.1) is 11.3 Å². The summed E-state index contributed by atoms with van der Waals surface area (Å²) in [6.45, 7) is 2.26. The summed E-state index contributed by atoms with van der Waals surface area (Å²) in [5.41, 5.74) is 0.543. The minimum Gasteiger partial charge on any atom is -0.353 e. The molecule has 6 nitrogen and oxygen atoms in total. The summed E-state index contributed by atoms with van der Waals surface area (Å²) >= 11 is 0. The summed E-state index contributed by atoms with van der Waals surface area (Å²) in [5.74, 6) is -0.0707. The number of benzene rings is 1. The predicted molar refractivity (Wildman–Crippen MR) is 97.6 cm³/mol. The van der Waals surface area contributed by atoms with Gasteiger partial charge in [0.1, 0.15) is 5.66 Å². The molecule has 1 saturated carbocycles. The number of carbonyl (C=O) groups is 3. The molecule has 1 aliphatic carbocycles. The Morgan fingerprint density at radius 2 is 1.96 bits per heavy atom. The van der Waals surface area contributed by atoms with E-state index in [2.05, 4.69) is 5.32 Å². The summed E-state index contributed by atoms with van der Waals surface area (Å²) in [6, 6.07) is 7.53. The maximum Gasteiger partial charge on any atom is 0.257 e. The SMILES string of the molecule is CC12CCC(=O)N1c1ccccc1C(=O)N2CCC(=O)NC1CCCC1. The molecule has 1 atom stereocenters. The van der Waals surface area contributed by atoms with Crippen molar-refractivity contribution >= 4 is 23.4 Å². The zero-order valence-corrected chi connectivity index (χ0v) is 15.2. The molecule has 138 valence electrons. The lowest BCUT2D eigenvalue weighted by atomic mass is 9.98. The van der Waals surface area contributed by atoms with Crippen LogP contribution < -0.4 is 10.2 Å². The quantitative estimate of drug-likeness (QED) is 0.902. The van der Waals surface area contributed by atoms with Gasteiger partial charge in [0.2, 0.25) is 11.8 Å². The highest BCUT2D eigenvalue weighted by Gasteiger charge is 2.52. The molecule has 0 bridgehead atoms. The first kappa shape index (κ1) is 17.1. The monoisotopic (exact) mass is 355 g/mol. The molecule has 1 saturated heterocycles. The highest BCUT2D eigenvalue weighted by atomic mass is 16.2. The van der Waals surface area contributed by atoms with Crippen molar-refractivity contribution in [1.29, 1.82) is 0 Å². The van der Waals surface area contributed by atoms with Gasteiger partial charge in [0.15, 0.2) is 0 Å². The lowest BCUT2D eigenvalue weighted by Crippen LogP contribution is -2.62. The smallest absolute Gasteiger partial charge is 0.257 e. The molecule has 2 aliphatic heterocycles. The van der Waals surface area contributed by atoms with Gasteiger partial charge in [-0.25, -0.2) is 0 Å². The summed E-state index contributed by atoms with van der Waals surface area (Å²) in [6.07, 6.45) is 5.70. The van der Waals surface area contributed by atoms with Crippen LogP contribution in [0.2, 0.25) is 0 Å². The van der Waals surface area contributed by atoms with Crippen LogP contribution in [0.3, 0.4) is 0 Å². The Morgan fingerprint density at radius 3 is 2.73 bits per heavy atom. The maximum atomic E-state index is 13.1. The second-order valence-corrected chi connectivity index (χ2v) is 7.72. The number of amides is 3. The Labute approximate surface area is 153 Å². The number of rotatable bonds is 4. The highest BCUT2D eigenvalue weighted by molar-refractivity contribution is 6.10. The first-order valence-electron chi connectivity index (χ1n) is 9.54. The lowest BCUT2D eigenvalue weighted by molar-refractivity contribution is -0.122. The van der Waals surface area contributed by atoms with Crippen molar-refractivity contribution in [2.24, 2.45) is 0 Å². The van der Waals surface area contributed by atoms with Crippen molar-refractivity contribution in [3.63, 3.8) is 0 Å². The third-order valence-corrected chi connectivity index (χ3v) is 6.03. The summed E-state index contributed by atoms with van der Waals surface area (Å²) < 4.78 is 0. The van der Waals surface area contributed by atoms with Crippen LogP contribution in [0.5, 0.6) is 0 Å². The van der Waals surface area contributed by atoms with Crippen LogP contribution in [0.25, 0.3) is 0 Å². The van der Waals surface area contributed by atoms with Crippen LogP contribution in [-0.2, 0) is 9.59 Å². The predicted octanol–water partition coefficient (Wildman–Crippen LogP) is 2.43. The van der Waals surface area contributed by atoms with Crippen molar-refractivity contribution in [1.82, 2.24) is 10.2 Å². The van der Waals surface area contributed by atoms with Crippen LogP contribution in [0.4, 0.5) is 5.69 Å². The summed E-state index contributed by atoms with van der Waals surface area (Å²) in [7, 11) is 0. The van der Waals surface area contributed by atoms with Crippen molar-refractivity contribution in [3.8, 4) is 0 Å². The number of hydrogen-bond acceptors (Lipinski definition) is 3. The van der Waals surface area contributed by atoms with Crippen molar-refractivity contribution in [3.05, 3.63) is 29.8 Å². The Bertz CT molecular complexity index is 756. The Balaban J connectivity index is 1.54. The van der Waals surface area contributed by atoms with Gasteiger partial charge in [-0.1, -0.05) is 25.0 Å². The molecule has 3 amide bonds. The van der Waals surface area contributed by atoms with Gasteiger partial charge in [0.25, 0.3) is 5.91 Å². The first-order valence-corrected chi connectivity index (χ1v) is 9.54. The van der Waals surface area contributed by atoms with Crippen molar-refractivity contribution < 1.29 is 14.4 Å². The number of para-hydroxylation sites is 1. The standard InChI is InChI=1S/C20H25N3O3/c1-20-12-10-18(25)23(20)16-9-5-4-8-15(16)19(26)22(20)13-11-17(24)21-14-6-2-3-7-14/h4-5,8-9,14H,2-3,6-7,10-13H2,1H3,(H,21,24). The maximum absolute atomic E-state index is 13.1. The Morgan fingerprint density at radius 1 is 1.23 bits per heavy atom. The molecule has 0 radical (unpaired) electrons. The third kappa shape index (κ3) is 2.68. The minimum absolute atomic E-state index is 0.0111. The zero-order valence-electron chi connectivity index (χ0n) is 15.2. The van der Waals surface area contributed by atoms with Crippen molar-refractivity contribution in [2.45, 2.75) is 63.6 Å². The third-order valence-electron chi connectivity index (χ3n) is 6.03. The molecule has 1 unspecified atom stereocenters. The van der Waals surface area contributed by atoms with Crippen LogP contribution in [-0.4, -0.2) is 40.9 Å². The lowest BCUT2D eigenvalue weighted by Gasteiger charge is -2.48. The number of anilines is 1. The molecule has 1 aromatic carbocycles. The zero-order chi connectivity index (χ0) is 18.3. The second kappa shape index (κ2) is 6.41. The van der Waals surface area contributed by atoms with Gasteiger partial charge in [-0.2, -0.15) is 0 Å². The minimum atomic E-state index is -0.684. The van der Waals surface area contributed by atoms with E-state index in [0.29, 0.717) is 30.6 Å². The molecule has 0 aromatic heterocycles. The molecule has 1 aromatic rings. The van der Waals surface area contributed by atoms with Gasteiger partial charge in [-0.15, -0.1) is 0 Å². The van der Waals surface area contributed by atoms with E-state index in [9.17, 15) is 14.4 Å². The van der Waals surface area contributed by atoms with Gasteiger partial charge in [0, 0.05) is 25.4 Å². The molecule has 0 spiro atoms. The molecule has 2 heterocycles. The summed E-state index contributed by atoms with van der Waals surface area (Å²) in [5, 5.41) is 3.08. The van der Waals surface area contributed by atoms with E-state index in [1.54, 1.807) is 15.9 Å². The molecule has 2 fully saturated rings. The first-order chi connectivity index (χ1) is 12.5. The molecule has 1 N–H and O–H groups in total. The van der Waals surface area contributed by atoms with Gasteiger partial charge in [-0.05, 0) is 38.3 Å². The molecule has 6 heteroatoms. The highest BCUT2D eigenvalue weighted by Crippen LogP contribution is 2.43. The largest absolute Gasteiger partial charge is 0.353 e. The van der Waals surface area contributed by atoms with Crippen LogP contribution >= 0.6 is 0 Å². The fraction of sp³-hybridized carbons (Fsp3) is 0.550. The van der Waals surface area contributed by atoms with E-state index in [1.807, 2.05) is 25.1 Å². The van der Waals surface area contributed by atoms with Crippen LogP contribution in [0.1, 0.15) is 62.2 Å². The molecule has 4 rings (SSSR count). The topological polar surface area (TPSA) is 69.7 Å². The number of fused-ring (bicyclic) bond motifs is 3. The van der Waals surface area contributed by atoms with Crippen molar-refractivity contribution in [2.75, 3.05) is 11.4 Å². The molecule has 26 heavy (non-hydrogen) atoms. The number of nitrogens with one attached hydrogen (secondary N) is 1. The average molecular weight is 355 g/mol. The van der Waals surface area contributed by atoms with E-state index in [0.717, 1.165) is 12.8 Å². The molecular formula is C20H25N3O3. The number of hydrogen-bond donors (Lipinski definition) is 1. The fourth-order valence-electron chi connectivity index (χ4n) is 4.62. The van der Waals surface area contributed by atoms with E-state index >= 15 is 0 Å². The number of nitrogens with zero attached hydrogens (tertiary/aromatic N) is 2. The molecular weight excluding hydrogens is 330 g/mol. The number of carbonyl (C=O) groups excluding carboxylic acids is 3. The van der Waals surface area contributed by atoms with E-state index in [-0.39, 0.29) is 30.2 Å². The Hall–Kier alpha value is -2.37. The van der Waals surface area contributed by atoms with E-state index in [4.69, 9.17) is 0 Å². The van der Waals surface area contributed by atoms with Gasteiger partial charge in [-0.3, -0.25) is 19.3 Å².